The van der Waals surface area contributed by atoms with E-state index in [1.165, 1.54) is 21.0 Å². The zero-order valence-corrected chi connectivity index (χ0v) is 14.0. The molecule has 0 radical (unpaired) electrons. The minimum Gasteiger partial charge on any atom is -0.468 e. The van der Waals surface area contributed by atoms with Gasteiger partial charge in [-0.05, 0) is 42.9 Å². The molecule has 19 heavy (non-hydrogen) atoms. The number of esters is 1. The Morgan fingerprint density at radius 2 is 1.63 bits per heavy atom. The maximum absolute atomic E-state index is 12.1. The molecule has 0 aromatic rings. The molecule has 0 aromatic heterocycles. The van der Waals surface area contributed by atoms with Crippen LogP contribution in [0.5, 0.6) is 0 Å². The van der Waals surface area contributed by atoms with Gasteiger partial charge in [-0.1, -0.05) is 28.7 Å². The van der Waals surface area contributed by atoms with Crippen LogP contribution in [0.2, 0.25) is 0 Å². The zero-order chi connectivity index (χ0) is 15.2. The van der Waals surface area contributed by atoms with Crippen molar-refractivity contribution in [3.8, 4) is 0 Å². The van der Waals surface area contributed by atoms with E-state index in [-0.39, 0.29) is 5.78 Å². The normalized spacial score (nSPS) is 15.7. The topological polar surface area (TPSA) is 60.4 Å². The fourth-order valence-electron chi connectivity index (χ4n) is 1.58. The Kier molecular flexibility index (Phi) is 7.82. The lowest BCUT2D eigenvalue weighted by molar-refractivity contribution is -0.150. The van der Waals surface area contributed by atoms with Gasteiger partial charge in [0.15, 0.2) is 11.6 Å². The number of halogens is 1. The molecular weight excluding hydrogens is 359 g/mol. The molecule has 4 nitrogen and oxygen atoms in total. The van der Waals surface area contributed by atoms with Crippen molar-refractivity contribution in [2.24, 2.45) is 11.8 Å². The van der Waals surface area contributed by atoms with Gasteiger partial charge in [0.25, 0.3) is 0 Å². The Bertz CT molecular complexity index is 435. The molecule has 0 aliphatic carbocycles. The van der Waals surface area contributed by atoms with E-state index in [4.69, 9.17) is 0 Å². The summed E-state index contributed by atoms with van der Waals surface area (Å²) >= 11 is 2.08. The second-order valence-corrected chi connectivity index (χ2v) is 5.04. The molecule has 0 spiro atoms. The predicted molar refractivity (Wildman–Crippen MR) is 81.9 cm³/mol. The van der Waals surface area contributed by atoms with Crippen LogP contribution in [0, 0.1) is 11.8 Å². The Balaban J connectivity index is 4.97. The summed E-state index contributed by atoms with van der Waals surface area (Å²) in [7, 11) is 1.22. The number of hydrogen-bond donors (Lipinski definition) is 0. The Labute approximate surface area is 127 Å². The summed E-state index contributed by atoms with van der Waals surface area (Å²) in [5.41, 5.74) is 1.44. The highest BCUT2D eigenvalue weighted by Crippen LogP contribution is 2.15. The van der Waals surface area contributed by atoms with Crippen LogP contribution in [0.3, 0.4) is 0 Å². The molecule has 0 fully saturated rings. The minimum atomic E-state index is -0.919. The van der Waals surface area contributed by atoms with Gasteiger partial charge in [-0.3, -0.25) is 14.4 Å². The summed E-state index contributed by atoms with van der Waals surface area (Å²) < 4.78 is 6.36. The largest absolute Gasteiger partial charge is 0.468 e. The van der Waals surface area contributed by atoms with Crippen molar-refractivity contribution in [1.82, 2.24) is 0 Å². The van der Waals surface area contributed by atoms with Crippen molar-refractivity contribution in [2.75, 3.05) is 7.11 Å². The lowest BCUT2D eigenvalue weighted by atomic mass is 9.89. The highest BCUT2D eigenvalue weighted by Gasteiger charge is 2.31. The maximum atomic E-state index is 12.1. The molecule has 0 amide bonds. The average molecular weight is 378 g/mol. The number of hydrogen-bond acceptors (Lipinski definition) is 4. The summed E-state index contributed by atoms with van der Waals surface area (Å²) in [6, 6.07) is 0. The van der Waals surface area contributed by atoms with E-state index >= 15 is 0 Å². The van der Waals surface area contributed by atoms with Crippen LogP contribution in [0.15, 0.2) is 21.3 Å². The van der Waals surface area contributed by atoms with Gasteiger partial charge in [0, 0.05) is 0 Å². The zero-order valence-electron chi connectivity index (χ0n) is 11.8. The van der Waals surface area contributed by atoms with Crippen molar-refractivity contribution < 1.29 is 19.1 Å². The lowest BCUT2D eigenvalue weighted by Gasteiger charge is -2.14. The van der Waals surface area contributed by atoms with Crippen LogP contribution >= 0.6 is 22.6 Å². The van der Waals surface area contributed by atoms with Crippen LogP contribution < -0.4 is 0 Å². The van der Waals surface area contributed by atoms with Gasteiger partial charge >= 0.3 is 5.97 Å². The molecule has 2 unspecified atom stereocenters. The smallest absolute Gasteiger partial charge is 0.315 e. The second kappa shape index (κ2) is 8.24. The molecule has 0 heterocycles. The average Bonchev–Trinajstić information content (AvgIpc) is 2.42. The molecular formula is C14H19IO4. The molecule has 0 N–H and O–H groups in total. The van der Waals surface area contributed by atoms with Crippen molar-refractivity contribution in [3.63, 3.8) is 0 Å². The van der Waals surface area contributed by atoms with Crippen LogP contribution in [-0.2, 0) is 19.1 Å². The number of methoxy groups -OCH3 is 1. The first kappa shape index (κ1) is 18.0. The summed E-state index contributed by atoms with van der Waals surface area (Å²) in [4.78, 5) is 35.4. The van der Waals surface area contributed by atoms with Crippen LogP contribution in [0.1, 0.15) is 27.7 Å². The third-order valence-electron chi connectivity index (χ3n) is 2.81. The number of allylic oxidation sites excluding steroid dienone is 3. The van der Waals surface area contributed by atoms with E-state index in [9.17, 15) is 14.4 Å². The van der Waals surface area contributed by atoms with Crippen LogP contribution in [-0.4, -0.2) is 24.6 Å². The van der Waals surface area contributed by atoms with E-state index in [1.54, 1.807) is 13.0 Å². The first-order valence-corrected chi connectivity index (χ1v) is 7.11. The van der Waals surface area contributed by atoms with Crippen LogP contribution in [0.4, 0.5) is 0 Å². The van der Waals surface area contributed by atoms with Gasteiger partial charge in [0.2, 0.25) is 0 Å². The highest BCUT2D eigenvalue weighted by atomic mass is 127. The predicted octanol–water partition coefficient (Wildman–Crippen LogP) is 2.85. The number of rotatable bonds is 6. The quantitative estimate of drug-likeness (QED) is 0.235. The van der Waals surface area contributed by atoms with Crippen LogP contribution in [0.25, 0.3) is 0 Å². The highest BCUT2D eigenvalue weighted by molar-refractivity contribution is 14.1. The van der Waals surface area contributed by atoms with Crippen molar-refractivity contribution in [3.05, 3.63) is 21.3 Å². The van der Waals surface area contributed by atoms with E-state index in [1.807, 2.05) is 11.0 Å². The minimum absolute atomic E-state index is 0.265. The van der Waals surface area contributed by atoms with Gasteiger partial charge < -0.3 is 4.74 Å². The Morgan fingerprint density at radius 1 is 1.11 bits per heavy atom. The molecule has 0 bridgehead atoms. The Hall–Kier alpha value is -0.980. The molecule has 0 aliphatic rings. The third-order valence-corrected chi connectivity index (χ3v) is 3.79. The molecule has 0 aromatic carbocycles. The molecule has 106 valence electrons. The molecule has 0 saturated carbocycles. The second-order valence-electron chi connectivity index (χ2n) is 4.41. The monoisotopic (exact) mass is 378 g/mol. The lowest BCUT2D eigenvalue weighted by Crippen LogP contribution is -2.31. The SMILES string of the molecule is COC(=O)C(C)C(=O)C(C)C(=O)/C(C)=C/C(C)=C\I. The van der Waals surface area contributed by atoms with E-state index in [0.29, 0.717) is 5.57 Å². The molecule has 0 aliphatic heterocycles. The van der Waals surface area contributed by atoms with Gasteiger partial charge in [-0.25, -0.2) is 0 Å². The van der Waals surface area contributed by atoms with Gasteiger partial charge in [0.1, 0.15) is 5.92 Å². The summed E-state index contributed by atoms with van der Waals surface area (Å²) in [5, 5.41) is 0. The number of carbonyl (C=O) groups is 3. The number of Topliss-reactive ketones (excluding diaryl/α,β-unsaturated/α-hetero) is 2. The first-order chi connectivity index (χ1) is 8.76. The van der Waals surface area contributed by atoms with Crippen molar-refractivity contribution in [2.45, 2.75) is 27.7 Å². The van der Waals surface area contributed by atoms with E-state index in [0.717, 1.165) is 5.57 Å². The molecule has 0 saturated heterocycles. The molecule has 2 atom stereocenters. The molecule has 5 heteroatoms. The summed E-state index contributed by atoms with van der Waals surface area (Å²) in [5.74, 6) is -3.06. The van der Waals surface area contributed by atoms with Crippen molar-refractivity contribution >= 4 is 40.1 Å². The Morgan fingerprint density at radius 3 is 2.05 bits per heavy atom. The van der Waals surface area contributed by atoms with Crippen molar-refractivity contribution in [1.29, 1.82) is 0 Å². The maximum Gasteiger partial charge on any atom is 0.315 e. The fraction of sp³-hybridized carbons (Fsp3) is 0.500. The number of ether oxygens (including phenoxy) is 1. The summed E-state index contributed by atoms with van der Waals surface area (Å²) in [6.45, 7) is 6.50. The standard InChI is InChI=1S/C14H19IO4/c1-8(7-15)6-9(2)12(16)10(3)13(17)11(4)14(18)19-5/h6-7,10-11H,1-5H3/b8-7-,9-6+. The van der Waals surface area contributed by atoms with E-state index < -0.39 is 23.6 Å². The van der Waals surface area contributed by atoms with Gasteiger partial charge in [-0.2, -0.15) is 0 Å². The van der Waals surface area contributed by atoms with Gasteiger partial charge in [0.05, 0.1) is 13.0 Å². The van der Waals surface area contributed by atoms with Gasteiger partial charge in [-0.15, -0.1) is 0 Å². The third kappa shape index (κ3) is 5.26. The number of carbonyl (C=O) groups excluding carboxylic acids is 3. The van der Waals surface area contributed by atoms with E-state index in [2.05, 4.69) is 27.3 Å². The fourth-order valence-corrected chi connectivity index (χ4v) is 1.76. The summed E-state index contributed by atoms with van der Waals surface area (Å²) in [6.07, 6.45) is 1.72. The molecule has 0 rings (SSSR count). The number of ketones is 2. The first-order valence-electron chi connectivity index (χ1n) is 5.87.